The summed E-state index contributed by atoms with van der Waals surface area (Å²) >= 11 is 1.38. The van der Waals surface area contributed by atoms with Crippen LogP contribution in [0.2, 0.25) is 0 Å². The summed E-state index contributed by atoms with van der Waals surface area (Å²) in [5.74, 6) is 0.543. The van der Waals surface area contributed by atoms with Crippen LogP contribution in [0.5, 0.6) is 17.2 Å². The molecule has 0 saturated heterocycles. The summed E-state index contributed by atoms with van der Waals surface area (Å²) < 4.78 is 16.1. The standard InChI is InChI=1S/C23H20N2O5S/c1-28-14-10-11-16(18(13-14)30-3)25-22(26)20(19-9-6-12-31-19)21(23(25)27)24-15-7-4-5-8-17(15)29-2/h4-13,24H,1-3H3. The molecule has 0 bridgehead atoms. The number of anilines is 2. The van der Waals surface area contributed by atoms with Crippen molar-refractivity contribution in [1.82, 2.24) is 0 Å². The highest BCUT2D eigenvalue weighted by Crippen LogP contribution is 2.40. The summed E-state index contributed by atoms with van der Waals surface area (Å²) in [6, 6.07) is 15.8. The largest absolute Gasteiger partial charge is 0.497 e. The van der Waals surface area contributed by atoms with Gasteiger partial charge in [-0.25, -0.2) is 4.90 Å². The van der Waals surface area contributed by atoms with Crippen molar-refractivity contribution in [2.75, 3.05) is 31.5 Å². The Balaban J connectivity index is 1.82. The van der Waals surface area contributed by atoms with Gasteiger partial charge in [0, 0.05) is 10.9 Å². The van der Waals surface area contributed by atoms with E-state index in [9.17, 15) is 9.59 Å². The van der Waals surface area contributed by atoms with Gasteiger partial charge < -0.3 is 19.5 Å². The van der Waals surface area contributed by atoms with Gasteiger partial charge in [0.15, 0.2) is 0 Å². The van der Waals surface area contributed by atoms with Crippen LogP contribution in [0, 0.1) is 0 Å². The van der Waals surface area contributed by atoms with Crippen molar-refractivity contribution in [3.8, 4) is 17.2 Å². The topological polar surface area (TPSA) is 77.1 Å². The van der Waals surface area contributed by atoms with Gasteiger partial charge in [0.2, 0.25) is 0 Å². The van der Waals surface area contributed by atoms with Crippen LogP contribution in [0.15, 0.2) is 65.7 Å². The molecule has 1 N–H and O–H groups in total. The molecule has 8 heteroatoms. The molecule has 0 unspecified atom stereocenters. The minimum atomic E-state index is -0.484. The van der Waals surface area contributed by atoms with Gasteiger partial charge in [-0.15, -0.1) is 11.3 Å². The van der Waals surface area contributed by atoms with Crippen LogP contribution in [-0.4, -0.2) is 33.1 Å². The minimum Gasteiger partial charge on any atom is -0.497 e. The third-order valence-electron chi connectivity index (χ3n) is 4.85. The molecule has 0 radical (unpaired) electrons. The van der Waals surface area contributed by atoms with Crippen molar-refractivity contribution in [3.63, 3.8) is 0 Å². The number of hydrogen-bond donors (Lipinski definition) is 1. The fourth-order valence-corrected chi connectivity index (χ4v) is 4.13. The number of para-hydroxylation sites is 2. The van der Waals surface area contributed by atoms with Crippen LogP contribution in [0.1, 0.15) is 4.88 Å². The number of imide groups is 1. The zero-order valence-corrected chi connectivity index (χ0v) is 18.0. The number of rotatable bonds is 7. The van der Waals surface area contributed by atoms with E-state index in [0.29, 0.717) is 39.1 Å². The molecule has 0 atom stereocenters. The lowest BCUT2D eigenvalue weighted by Crippen LogP contribution is -2.32. The summed E-state index contributed by atoms with van der Waals surface area (Å²) in [6.07, 6.45) is 0. The highest BCUT2D eigenvalue weighted by atomic mass is 32.1. The minimum absolute atomic E-state index is 0.176. The number of carbonyl (C=O) groups is 2. The molecule has 1 aromatic heterocycles. The first-order valence-corrected chi connectivity index (χ1v) is 10.3. The Hall–Kier alpha value is -3.78. The molecular formula is C23H20N2O5S. The maximum absolute atomic E-state index is 13.5. The molecule has 1 aliphatic rings. The zero-order valence-electron chi connectivity index (χ0n) is 17.2. The van der Waals surface area contributed by atoms with Gasteiger partial charge in [-0.1, -0.05) is 18.2 Å². The van der Waals surface area contributed by atoms with E-state index in [0.717, 1.165) is 4.90 Å². The first-order valence-electron chi connectivity index (χ1n) is 9.38. The van der Waals surface area contributed by atoms with Crippen molar-refractivity contribution in [2.24, 2.45) is 0 Å². The highest BCUT2D eigenvalue weighted by molar-refractivity contribution is 7.11. The van der Waals surface area contributed by atoms with E-state index in [1.165, 1.54) is 25.6 Å². The van der Waals surface area contributed by atoms with E-state index in [2.05, 4.69) is 5.32 Å². The molecule has 3 aromatic rings. The van der Waals surface area contributed by atoms with Crippen LogP contribution in [0.4, 0.5) is 11.4 Å². The van der Waals surface area contributed by atoms with E-state index in [-0.39, 0.29) is 5.70 Å². The summed E-state index contributed by atoms with van der Waals surface area (Å²) in [5.41, 5.74) is 1.39. The molecule has 2 aromatic carbocycles. The molecule has 2 amide bonds. The smallest absolute Gasteiger partial charge is 0.282 e. The Morgan fingerprint density at radius 3 is 2.29 bits per heavy atom. The monoisotopic (exact) mass is 436 g/mol. The van der Waals surface area contributed by atoms with Gasteiger partial charge in [-0.3, -0.25) is 9.59 Å². The average Bonchev–Trinajstić information content (AvgIpc) is 3.40. The molecule has 31 heavy (non-hydrogen) atoms. The Bertz CT molecular complexity index is 1170. The zero-order chi connectivity index (χ0) is 22.0. The Morgan fingerprint density at radius 1 is 0.839 bits per heavy atom. The number of methoxy groups -OCH3 is 3. The van der Waals surface area contributed by atoms with Crippen molar-refractivity contribution < 1.29 is 23.8 Å². The molecule has 4 rings (SSSR count). The SMILES string of the molecule is COc1ccc(N2C(=O)C(Nc3ccccc3OC)=C(c3cccs3)C2=O)c(OC)c1. The normalized spacial score (nSPS) is 13.6. The van der Waals surface area contributed by atoms with Gasteiger partial charge >= 0.3 is 0 Å². The maximum Gasteiger partial charge on any atom is 0.282 e. The van der Waals surface area contributed by atoms with Crippen LogP contribution in [0.25, 0.3) is 5.57 Å². The molecule has 0 fully saturated rings. The fourth-order valence-electron chi connectivity index (χ4n) is 3.37. The molecular weight excluding hydrogens is 416 g/mol. The Morgan fingerprint density at radius 2 is 1.61 bits per heavy atom. The number of hydrogen-bond acceptors (Lipinski definition) is 7. The first-order chi connectivity index (χ1) is 15.1. The Kier molecular flexibility index (Phi) is 5.64. The van der Waals surface area contributed by atoms with E-state index >= 15 is 0 Å². The van der Waals surface area contributed by atoms with Crippen molar-refractivity contribution >= 4 is 40.1 Å². The van der Waals surface area contributed by atoms with Crippen molar-refractivity contribution in [2.45, 2.75) is 0 Å². The number of thiophene rings is 1. The summed E-state index contributed by atoms with van der Waals surface area (Å²) in [4.78, 5) is 28.8. The second-order valence-corrected chi connectivity index (χ2v) is 7.48. The Labute approximate surface area is 183 Å². The molecule has 0 spiro atoms. The summed E-state index contributed by atoms with van der Waals surface area (Å²) in [6.45, 7) is 0. The fraction of sp³-hybridized carbons (Fsp3) is 0.130. The van der Waals surface area contributed by atoms with Gasteiger partial charge in [-0.2, -0.15) is 0 Å². The van der Waals surface area contributed by atoms with Crippen LogP contribution < -0.4 is 24.4 Å². The first kappa shape index (κ1) is 20.5. The van der Waals surface area contributed by atoms with Crippen LogP contribution in [0.3, 0.4) is 0 Å². The van der Waals surface area contributed by atoms with Crippen molar-refractivity contribution in [3.05, 3.63) is 70.6 Å². The number of carbonyl (C=O) groups excluding carboxylic acids is 2. The van der Waals surface area contributed by atoms with Gasteiger partial charge in [0.1, 0.15) is 22.9 Å². The molecule has 0 aliphatic carbocycles. The lowest BCUT2D eigenvalue weighted by Gasteiger charge is -2.19. The second kappa shape index (κ2) is 8.53. The average molecular weight is 436 g/mol. The lowest BCUT2D eigenvalue weighted by atomic mass is 10.1. The van der Waals surface area contributed by atoms with Crippen LogP contribution >= 0.6 is 11.3 Å². The number of benzene rings is 2. The van der Waals surface area contributed by atoms with Gasteiger partial charge in [0.25, 0.3) is 11.8 Å². The van der Waals surface area contributed by atoms with E-state index < -0.39 is 11.8 Å². The van der Waals surface area contributed by atoms with Gasteiger partial charge in [-0.05, 0) is 35.7 Å². The lowest BCUT2D eigenvalue weighted by molar-refractivity contribution is -0.120. The third-order valence-corrected chi connectivity index (χ3v) is 5.73. The predicted molar refractivity (Wildman–Crippen MR) is 120 cm³/mol. The number of nitrogens with zero attached hydrogens (tertiary/aromatic N) is 1. The van der Waals surface area contributed by atoms with Crippen LogP contribution in [-0.2, 0) is 9.59 Å². The number of ether oxygens (including phenoxy) is 3. The van der Waals surface area contributed by atoms with E-state index in [1.807, 2.05) is 29.6 Å². The number of nitrogens with one attached hydrogen (secondary N) is 1. The quantitative estimate of drug-likeness (QED) is 0.560. The van der Waals surface area contributed by atoms with E-state index in [4.69, 9.17) is 14.2 Å². The van der Waals surface area contributed by atoms with Gasteiger partial charge in [0.05, 0.1) is 38.3 Å². The molecule has 1 aliphatic heterocycles. The third kappa shape index (κ3) is 3.62. The van der Waals surface area contributed by atoms with Crippen molar-refractivity contribution in [1.29, 1.82) is 0 Å². The molecule has 158 valence electrons. The summed E-state index contributed by atoms with van der Waals surface area (Å²) in [5, 5.41) is 4.98. The molecule has 0 saturated carbocycles. The molecule has 7 nitrogen and oxygen atoms in total. The van der Waals surface area contributed by atoms with E-state index in [1.54, 1.807) is 37.4 Å². The second-order valence-electron chi connectivity index (χ2n) is 6.54. The maximum atomic E-state index is 13.5. The highest BCUT2D eigenvalue weighted by Gasteiger charge is 2.42. The molecule has 2 heterocycles. The number of amides is 2. The predicted octanol–water partition coefficient (Wildman–Crippen LogP) is 4.17. The summed E-state index contributed by atoms with van der Waals surface area (Å²) in [7, 11) is 4.56.